The fourth-order valence-corrected chi connectivity index (χ4v) is 5.43. The van der Waals surface area contributed by atoms with Gasteiger partial charge in [0.05, 0.1) is 20.7 Å². The van der Waals surface area contributed by atoms with E-state index in [1.807, 2.05) is 18.2 Å². The van der Waals surface area contributed by atoms with Crippen LogP contribution in [0.25, 0.3) is 28.7 Å². The number of para-hydroxylation sites is 2. The summed E-state index contributed by atoms with van der Waals surface area (Å²) in [6.45, 7) is 4.14. The second-order valence-corrected chi connectivity index (χ2v) is 10.6. The zero-order chi connectivity index (χ0) is 29.8. The number of carbonyl (C=O) groups excluding carboxylic acids is 1. The lowest BCUT2D eigenvalue weighted by molar-refractivity contribution is -0.384. The Morgan fingerprint density at radius 3 is 2.38 bits per heavy atom. The Morgan fingerprint density at radius 2 is 1.71 bits per heavy atom. The summed E-state index contributed by atoms with van der Waals surface area (Å²) in [7, 11) is 0. The highest BCUT2D eigenvalue weighted by molar-refractivity contribution is 7.07. The lowest BCUT2D eigenvalue weighted by atomic mass is 10.0. The van der Waals surface area contributed by atoms with Gasteiger partial charge in [0.2, 0.25) is 0 Å². The number of nitrogens with one attached hydrogen (secondary N) is 1. The highest BCUT2D eigenvalue weighted by Crippen LogP contribution is 2.31. The Labute approximate surface area is 244 Å². The number of furan rings is 1. The molecule has 5 rings (SSSR count). The summed E-state index contributed by atoms with van der Waals surface area (Å²) in [4.78, 5) is 38.0. The molecule has 0 aliphatic rings. The van der Waals surface area contributed by atoms with E-state index in [1.165, 1.54) is 16.7 Å². The summed E-state index contributed by atoms with van der Waals surface area (Å²) >= 11 is 0.973. The maximum absolute atomic E-state index is 13.7. The van der Waals surface area contributed by atoms with Crippen molar-refractivity contribution in [1.29, 1.82) is 5.26 Å². The molecule has 0 bridgehead atoms. The Morgan fingerprint density at radius 1 is 1.02 bits per heavy atom. The zero-order valence-electron chi connectivity index (χ0n) is 22.6. The fourth-order valence-electron chi connectivity index (χ4n) is 4.35. The van der Waals surface area contributed by atoms with Gasteiger partial charge in [0, 0.05) is 17.8 Å². The maximum atomic E-state index is 13.7. The van der Waals surface area contributed by atoms with E-state index < -0.39 is 16.4 Å². The van der Waals surface area contributed by atoms with Crippen LogP contribution in [0.3, 0.4) is 0 Å². The first-order valence-corrected chi connectivity index (χ1v) is 13.8. The highest BCUT2D eigenvalue weighted by atomic mass is 32.1. The number of hydrogen-bond donors (Lipinski definition) is 1. The lowest BCUT2D eigenvalue weighted by Crippen LogP contribution is -2.32. The van der Waals surface area contributed by atoms with E-state index in [-0.39, 0.29) is 32.0 Å². The van der Waals surface area contributed by atoms with Crippen molar-refractivity contribution in [3.63, 3.8) is 0 Å². The summed E-state index contributed by atoms with van der Waals surface area (Å²) in [5, 5.41) is 24.3. The number of hydrogen-bond acceptors (Lipinski definition) is 7. The van der Waals surface area contributed by atoms with E-state index in [4.69, 9.17) is 4.42 Å². The number of anilines is 1. The number of benzene rings is 3. The standard InChI is InChI=1S/C32H24N4O5S/c1-20(2)21-12-14-22(15-13-21)34-30(37)26(19-33)32-35(23-8-4-3-5-9-23)31(38)29(42-32)18-24-16-17-28(41-24)25-10-6-7-11-27(25)36(39)40/h3-18,20H,1-2H3,(H,34,37). The first kappa shape index (κ1) is 28.0. The molecule has 42 heavy (non-hydrogen) atoms. The number of nitro benzene ring substituents is 1. The van der Waals surface area contributed by atoms with Crippen LogP contribution in [0.5, 0.6) is 0 Å². The number of nitrogens with zero attached hydrogens (tertiary/aromatic N) is 3. The van der Waals surface area contributed by atoms with Crippen LogP contribution in [0.4, 0.5) is 11.4 Å². The number of rotatable bonds is 7. The molecule has 0 fully saturated rings. The first-order valence-electron chi connectivity index (χ1n) is 12.9. The average Bonchev–Trinajstić information content (AvgIpc) is 3.58. The van der Waals surface area contributed by atoms with E-state index in [2.05, 4.69) is 19.2 Å². The summed E-state index contributed by atoms with van der Waals surface area (Å²) in [6, 6.07) is 27.4. The van der Waals surface area contributed by atoms with Crippen LogP contribution in [-0.4, -0.2) is 15.4 Å². The van der Waals surface area contributed by atoms with Crippen molar-refractivity contribution in [1.82, 2.24) is 4.57 Å². The van der Waals surface area contributed by atoms with Gasteiger partial charge in [-0.2, -0.15) is 5.26 Å². The van der Waals surface area contributed by atoms with Crippen LogP contribution >= 0.6 is 11.3 Å². The largest absolute Gasteiger partial charge is 0.456 e. The molecular formula is C32H24N4O5S. The predicted molar refractivity (Wildman–Crippen MR) is 162 cm³/mol. The fraction of sp³-hybridized carbons (Fsp3) is 0.0938. The van der Waals surface area contributed by atoms with Crippen molar-refractivity contribution in [3.05, 3.63) is 132 Å². The summed E-state index contributed by atoms with van der Waals surface area (Å²) in [5.74, 6) is 0.219. The minimum Gasteiger partial charge on any atom is -0.456 e. The van der Waals surface area contributed by atoms with Gasteiger partial charge in [0.15, 0.2) is 5.57 Å². The van der Waals surface area contributed by atoms with Crippen LogP contribution in [0.1, 0.15) is 31.1 Å². The van der Waals surface area contributed by atoms with Gasteiger partial charge in [-0.1, -0.05) is 56.3 Å². The minimum atomic E-state index is -0.649. The average molecular weight is 577 g/mol. The molecule has 9 nitrogen and oxygen atoms in total. The van der Waals surface area contributed by atoms with Crippen molar-refractivity contribution >= 4 is 40.3 Å². The van der Waals surface area contributed by atoms with Gasteiger partial charge in [-0.3, -0.25) is 24.3 Å². The van der Waals surface area contributed by atoms with Gasteiger partial charge >= 0.3 is 0 Å². The number of thiazole rings is 1. The number of aromatic nitrogens is 1. The number of nitro groups is 1. The van der Waals surface area contributed by atoms with Crippen molar-refractivity contribution in [2.75, 3.05) is 5.32 Å². The molecule has 1 N–H and O–H groups in total. The molecule has 1 amide bonds. The van der Waals surface area contributed by atoms with E-state index in [0.29, 0.717) is 22.9 Å². The highest BCUT2D eigenvalue weighted by Gasteiger charge is 2.19. The third kappa shape index (κ3) is 5.68. The third-order valence-electron chi connectivity index (χ3n) is 6.49. The summed E-state index contributed by atoms with van der Waals surface area (Å²) in [5.41, 5.74) is 1.62. The Hall–Kier alpha value is -5.53. The molecule has 5 aromatic rings. The molecule has 0 aliphatic carbocycles. The molecule has 0 radical (unpaired) electrons. The number of amides is 1. The second-order valence-electron chi connectivity index (χ2n) is 9.59. The molecule has 0 atom stereocenters. The van der Waals surface area contributed by atoms with Gasteiger partial charge in [-0.05, 0) is 53.9 Å². The molecular weight excluding hydrogens is 552 g/mol. The molecule has 2 aromatic heterocycles. The van der Waals surface area contributed by atoms with Gasteiger partial charge in [-0.25, -0.2) is 0 Å². The van der Waals surface area contributed by atoms with Crippen molar-refractivity contribution in [3.8, 4) is 23.1 Å². The van der Waals surface area contributed by atoms with Crippen molar-refractivity contribution in [2.45, 2.75) is 19.8 Å². The predicted octanol–water partition coefficient (Wildman–Crippen LogP) is 5.33. The van der Waals surface area contributed by atoms with Gasteiger partial charge in [-0.15, -0.1) is 11.3 Å². The Bertz CT molecular complexity index is 2010. The monoisotopic (exact) mass is 576 g/mol. The van der Waals surface area contributed by atoms with E-state index in [0.717, 1.165) is 16.9 Å². The van der Waals surface area contributed by atoms with Crippen LogP contribution in [0.15, 0.2) is 100 Å². The topological polar surface area (TPSA) is 131 Å². The molecule has 2 heterocycles. The van der Waals surface area contributed by atoms with Crippen LogP contribution in [0, 0.1) is 21.4 Å². The quantitative estimate of drug-likeness (QED) is 0.206. The molecule has 0 spiro atoms. The Kier molecular flexibility index (Phi) is 7.95. The SMILES string of the molecule is CC(C)c1ccc(NC(=O)C(C#N)=c2sc(=Cc3ccc(-c4ccccc4[N+](=O)[O-])o3)c(=O)n2-c2ccccc2)cc1. The third-order valence-corrected chi connectivity index (χ3v) is 7.58. The van der Waals surface area contributed by atoms with E-state index in [9.17, 15) is 25.0 Å². The molecule has 0 unspecified atom stereocenters. The van der Waals surface area contributed by atoms with Gasteiger partial charge in [0.1, 0.15) is 22.3 Å². The Balaban J connectivity index is 1.62. The molecule has 3 aromatic carbocycles. The lowest BCUT2D eigenvalue weighted by Gasteiger charge is -2.08. The number of carbonyl (C=O) groups is 1. The van der Waals surface area contributed by atoms with E-state index in [1.54, 1.807) is 72.8 Å². The van der Waals surface area contributed by atoms with E-state index >= 15 is 0 Å². The van der Waals surface area contributed by atoms with Gasteiger partial charge in [0.25, 0.3) is 17.2 Å². The second kappa shape index (κ2) is 11.9. The van der Waals surface area contributed by atoms with Crippen molar-refractivity contribution < 1.29 is 14.1 Å². The first-order chi connectivity index (χ1) is 20.3. The molecule has 208 valence electrons. The van der Waals surface area contributed by atoms with Crippen LogP contribution < -0.4 is 20.1 Å². The molecule has 0 aliphatic heterocycles. The minimum absolute atomic E-state index is 0.110. The van der Waals surface area contributed by atoms with Crippen molar-refractivity contribution in [2.24, 2.45) is 0 Å². The number of nitriles is 1. The molecule has 10 heteroatoms. The molecule has 0 saturated carbocycles. The van der Waals surface area contributed by atoms with Crippen LogP contribution in [-0.2, 0) is 4.79 Å². The summed E-state index contributed by atoms with van der Waals surface area (Å²) in [6.07, 6.45) is 1.49. The maximum Gasteiger partial charge on any atom is 0.280 e. The van der Waals surface area contributed by atoms with Gasteiger partial charge < -0.3 is 9.73 Å². The zero-order valence-corrected chi connectivity index (χ0v) is 23.4. The van der Waals surface area contributed by atoms with Crippen LogP contribution in [0.2, 0.25) is 0 Å². The summed E-state index contributed by atoms with van der Waals surface area (Å²) < 4.78 is 7.55. The molecule has 0 saturated heterocycles. The smallest absolute Gasteiger partial charge is 0.280 e. The normalized spacial score (nSPS) is 12.2.